The topological polar surface area (TPSA) is 43.8 Å². The second kappa shape index (κ2) is 8.72. The zero-order chi connectivity index (χ0) is 18.5. The van der Waals surface area contributed by atoms with Crippen LogP contribution in [0.5, 0.6) is 0 Å². The van der Waals surface area contributed by atoms with Crippen LogP contribution in [0, 0.1) is 0 Å². The van der Waals surface area contributed by atoms with Gasteiger partial charge in [0.2, 0.25) is 0 Å². The van der Waals surface area contributed by atoms with Crippen LogP contribution >= 0.6 is 11.8 Å². The molecule has 4 rings (SSSR count). The van der Waals surface area contributed by atoms with E-state index in [0.29, 0.717) is 4.75 Å². The molecule has 2 saturated heterocycles. The molecule has 1 N–H and O–H groups in total. The van der Waals surface area contributed by atoms with E-state index < -0.39 is 0 Å². The number of nitrogens with one attached hydrogen (secondary N) is 1. The van der Waals surface area contributed by atoms with Crippen LogP contribution < -0.4 is 10.2 Å². The smallest absolute Gasteiger partial charge is 0.193 e. The summed E-state index contributed by atoms with van der Waals surface area (Å²) in [5.74, 6) is 3.40. The Bertz CT molecular complexity index is 644. The average molecular weight is 388 g/mol. The number of anilines is 1. The van der Waals surface area contributed by atoms with Gasteiger partial charge < -0.3 is 15.1 Å². The SMILES string of the molecule is CN=C(NCc1ccnc(N2CCCC2)c1)N1CCSC2(CCCCC2)C1. The number of rotatable bonds is 3. The second-order valence-electron chi connectivity index (χ2n) is 8.13. The first-order chi connectivity index (χ1) is 13.3. The maximum Gasteiger partial charge on any atom is 0.193 e. The Hall–Kier alpha value is -1.43. The van der Waals surface area contributed by atoms with Crippen LogP contribution in [0.15, 0.2) is 23.3 Å². The maximum atomic E-state index is 4.60. The molecule has 0 aromatic carbocycles. The van der Waals surface area contributed by atoms with E-state index in [2.05, 4.69) is 49.0 Å². The average Bonchev–Trinajstić information content (AvgIpc) is 3.24. The Morgan fingerprint density at radius 2 is 2.00 bits per heavy atom. The minimum absolute atomic E-state index is 0.466. The monoisotopic (exact) mass is 387 g/mol. The molecule has 3 heterocycles. The number of hydrogen-bond donors (Lipinski definition) is 1. The van der Waals surface area contributed by atoms with Gasteiger partial charge in [-0.3, -0.25) is 4.99 Å². The Morgan fingerprint density at radius 3 is 2.78 bits per heavy atom. The first kappa shape index (κ1) is 18.9. The predicted molar refractivity (Wildman–Crippen MR) is 116 cm³/mol. The van der Waals surface area contributed by atoms with Crippen molar-refractivity contribution in [1.29, 1.82) is 0 Å². The summed E-state index contributed by atoms with van der Waals surface area (Å²) in [6.45, 7) is 5.33. The van der Waals surface area contributed by atoms with Crippen LogP contribution in [0.1, 0.15) is 50.5 Å². The summed E-state index contributed by atoms with van der Waals surface area (Å²) in [6, 6.07) is 4.36. The molecule has 1 saturated carbocycles. The first-order valence-corrected chi connectivity index (χ1v) is 11.6. The van der Waals surface area contributed by atoms with E-state index in [4.69, 9.17) is 0 Å². The highest BCUT2D eigenvalue weighted by Crippen LogP contribution is 2.42. The minimum Gasteiger partial charge on any atom is -0.357 e. The molecule has 1 aromatic heterocycles. The molecular formula is C21H33N5S. The van der Waals surface area contributed by atoms with Crippen LogP contribution in [0.25, 0.3) is 0 Å². The van der Waals surface area contributed by atoms with Crippen LogP contribution in [0.3, 0.4) is 0 Å². The third-order valence-electron chi connectivity index (χ3n) is 6.22. The lowest BCUT2D eigenvalue weighted by Gasteiger charge is -2.45. The van der Waals surface area contributed by atoms with Gasteiger partial charge in [0.1, 0.15) is 5.82 Å². The van der Waals surface area contributed by atoms with Gasteiger partial charge in [0.05, 0.1) is 0 Å². The van der Waals surface area contributed by atoms with Gasteiger partial charge in [-0.1, -0.05) is 19.3 Å². The summed E-state index contributed by atoms with van der Waals surface area (Å²) < 4.78 is 0.466. The lowest BCUT2D eigenvalue weighted by Crippen LogP contribution is -2.53. The Balaban J connectivity index is 1.37. The van der Waals surface area contributed by atoms with Crippen LogP contribution in [0.2, 0.25) is 0 Å². The Kier molecular flexibility index (Phi) is 6.11. The van der Waals surface area contributed by atoms with E-state index in [9.17, 15) is 0 Å². The fraction of sp³-hybridized carbons (Fsp3) is 0.714. The molecule has 5 nitrogen and oxygen atoms in total. The number of thioether (sulfide) groups is 1. The molecule has 0 amide bonds. The van der Waals surface area contributed by atoms with Gasteiger partial charge >= 0.3 is 0 Å². The van der Waals surface area contributed by atoms with Gasteiger partial charge in [0.15, 0.2) is 5.96 Å². The molecule has 0 bridgehead atoms. The van der Waals surface area contributed by atoms with Crippen molar-refractivity contribution in [3.8, 4) is 0 Å². The van der Waals surface area contributed by atoms with Crippen molar-refractivity contribution >= 4 is 23.5 Å². The predicted octanol–water partition coefficient (Wildman–Crippen LogP) is 3.51. The lowest BCUT2D eigenvalue weighted by atomic mass is 9.87. The molecule has 1 aromatic rings. The van der Waals surface area contributed by atoms with Crippen molar-refractivity contribution in [2.24, 2.45) is 4.99 Å². The van der Waals surface area contributed by atoms with E-state index in [1.165, 1.54) is 56.3 Å². The van der Waals surface area contributed by atoms with E-state index in [1.54, 1.807) is 0 Å². The first-order valence-electron chi connectivity index (χ1n) is 10.6. The van der Waals surface area contributed by atoms with Crippen molar-refractivity contribution in [2.45, 2.75) is 56.2 Å². The van der Waals surface area contributed by atoms with E-state index in [1.807, 2.05) is 13.2 Å². The summed E-state index contributed by atoms with van der Waals surface area (Å²) in [4.78, 5) is 14.1. The number of hydrogen-bond acceptors (Lipinski definition) is 4. The van der Waals surface area contributed by atoms with Crippen LogP contribution in [0.4, 0.5) is 5.82 Å². The van der Waals surface area contributed by atoms with Gasteiger partial charge in [-0.15, -0.1) is 0 Å². The van der Waals surface area contributed by atoms with Crippen LogP contribution in [-0.4, -0.2) is 59.6 Å². The molecule has 2 aliphatic heterocycles. The van der Waals surface area contributed by atoms with E-state index in [0.717, 1.165) is 44.5 Å². The molecule has 0 atom stereocenters. The highest BCUT2D eigenvalue weighted by molar-refractivity contribution is 8.00. The van der Waals surface area contributed by atoms with Crippen molar-refractivity contribution in [3.05, 3.63) is 23.9 Å². The summed E-state index contributed by atoms with van der Waals surface area (Å²) in [5, 5.41) is 3.62. The number of aliphatic imine (C=N–C) groups is 1. The normalized spacial score (nSPS) is 23.1. The highest BCUT2D eigenvalue weighted by Gasteiger charge is 2.38. The van der Waals surface area contributed by atoms with Crippen molar-refractivity contribution in [3.63, 3.8) is 0 Å². The van der Waals surface area contributed by atoms with Gasteiger partial charge in [0, 0.05) is 56.5 Å². The largest absolute Gasteiger partial charge is 0.357 e. The van der Waals surface area contributed by atoms with Gasteiger partial charge in [-0.25, -0.2) is 4.98 Å². The summed E-state index contributed by atoms with van der Waals surface area (Å²) >= 11 is 2.21. The van der Waals surface area contributed by atoms with Crippen molar-refractivity contribution in [1.82, 2.24) is 15.2 Å². The number of nitrogens with zero attached hydrogens (tertiary/aromatic N) is 4. The molecule has 1 spiro atoms. The number of guanidine groups is 1. The summed E-state index contributed by atoms with van der Waals surface area (Å²) in [6.07, 6.45) is 11.4. The van der Waals surface area contributed by atoms with Gasteiger partial charge in [0.25, 0.3) is 0 Å². The van der Waals surface area contributed by atoms with E-state index >= 15 is 0 Å². The minimum atomic E-state index is 0.466. The third-order valence-corrected chi connectivity index (χ3v) is 7.75. The molecule has 27 heavy (non-hydrogen) atoms. The zero-order valence-corrected chi connectivity index (χ0v) is 17.4. The van der Waals surface area contributed by atoms with Crippen molar-refractivity contribution < 1.29 is 0 Å². The molecule has 148 valence electrons. The molecule has 3 aliphatic rings. The third kappa shape index (κ3) is 4.53. The Labute approximate surface area is 168 Å². The Morgan fingerprint density at radius 1 is 1.19 bits per heavy atom. The van der Waals surface area contributed by atoms with Gasteiger partial charge in [-0.05, 0) is 43.4 Å². The number of aromatic nitrogens is 1. The molecule has 1 aliphatic carbocycles. The quantitative estimate of drug-likeness (QED) is 0.635. The standard InChI is InChI=1S/C21H33N5S/c1-22-20(26-13-14-27-21(17-26)8-3-2-4-9-21)24-16-18-7-10-23-19(15-18)25-11-5-6-12-25/h7,10,15H,2-6,8-9,11-14,16-17H2,1H3,(H,22,24). The number of pyridine rings is 1. The summed E-state index contributed by atoms with van der Waals surface area (Å²) in [5.41, 5.74) is 1.28. The lowest BCUT2D eigenvalue weighted by molar-refractivity contribution is 0.293. The zero-order valence-electron chi connectivity index (χ0n) is 16.6. The van der Waals surface area contributed by atoms with Crippen LogP contribution in [-0.2, 0) is 6.54 Å². The molecule has 3 fully saturated rings. The fourth-order valence-corrected chi connectivity index (χ4v) is 6.30. The fourth-order valence-electron chi connectivity index (χ4n) is 4.73. The molecule has 6 heteroatoms. The highest BCUT2D eigenvalue weighted by atomic mass is 32.2. The summed E-state index contributed by atoms with van der Waals surface area (Å²) in [7, 11) is 1.92. The van der Waals surface area contributed by atoms with E-state index in [-0.39, 0.29) is 0 Å². The van der Waals surface area contributed by atoms with Crippen molar-refractivity contribution in [2.75, 3.05) is 43.9 Å². The maximum absolute atomic E-state index is 4.60. The molecule has 0 radical (unpaired) electrons. The van der Waals surface area contributed by atoms with Gasteiger partial charge in [-0.2, -0.15) is 11.8 Å². The second-order valence-corrected chi connectivity index (χ2v) is 9.69. The molecule has 0 unspecified atom stereocenters. The molecular weight excluding hydrogens is 354 g/mol.